The summed E-state index contributed by atoms with van der Waals surface area (Å²) < 4.78 is 0. The van der Waals surface area contributed by atoms with Crippen molar-refractivity contribution in [3.8, 4) is 0 Å². The highest BCUT2D eigenvalue weighted by atomic mass is 35.5. The zero-order valence-corrected chi connectivity index (χ0v) is 13.1. The molecule has 4 rings (SSSR count). The van der Waals surface area contributed by atoms with Crippen LogP contribution in [0.2, 0.25) is 5.02 Å². The van der Waals surface area contributed by atoms with Crippen molar-refractivity contribution >= 4 is 17.5 Å². The van der Waals surface area contributed by atoms with Gasteiger partial charge in [-0.2, -0.15) is 0 Å². The van der Waals surface area contributed by atoms with Crippen LogP contribution in [0.1, 0.15) is 44.1 Å². The van der Waals surface area contributed by atoms with E-state index in [0.29, 0.717) is 5.91 Å². The van der Waals surface area contributed by atoms with Crippen LogP contribution in [0, 0.1) is 11.8 Å². The molecule has 112 valence electrons. The summed E-state index contributed by atoms with van der Waals surface area (Å²) in [6.45, 7) is 2.00. The van der Waals surface area contributed by atoms with Gasteiger partial charge in [0, 0.05) is 18.1 Å². The molecule has 21 heavy (non-hydrogen) atoms. The maximum atomic E-state index is 13.1. The monoisotopic (exact) mass is 303 g/mol. The molecule has 2 aliphatic carbocycles. The Kier molecular flexibility index (Phi) is 3.25. The first-order valence-electron chi connectivity index (χ1n) is 8.24. The molecule has 1 aromatic carbocycles. The maximum absolute atomic E-state index is 13.1. The molecule has 0 radical (unpaired) electrons. The number of hydrogen-bond acceptors (Lipinski definition) is 1. The lowest BCUT2D eigenvalue weighted by atomic mass is 9.82. The normalized spacial score (nSPS) is 30.0. The maximum Gasteiger partial charge on any atom is 0.233 e. The van der Waals surface area contributed by atoms with Crippen molar-refractivity contribution in [2.45, 2.75) is 43.9 Å². The van der Waals surface area contributed by atoms with Crippen molar-refractivity contribution in [1.82, 2.24) is 4.90 Å². The quantitative estimate of drug-likeness (QED) is 0.808. The molecule has 0 bridgehead atoms. The standard InChI is InChI=1S/C18H22ClNO/c19-16-7-5-15(6-8-16)18(9-10-18)17(21)20-11-13-3-1-2-4-14(13)12-20/h5-8,13-14H,1-4,9-12H2/t13-,14+. The number of carbonyl (C=O) groups excluding carboxylic acids is 1. The van der Waals surface area contributed by atoms with E-state index in [2.05, 4.69) is 4.90 Å². The molecular weight excluding hydrogens is 282 g/mol. The first-order chi connectivity index (χ1) is 10.2. The predicted octanol–water partition coefficient (Wildman–Crippen LogP) is 4.02. The van der Waals surface area contributed by atoms with Crippen molar-refractivity contribution in [1.29, 1.82) is 0 Å². The molecule has 0 spiro atoms. The first kappa shape index (κ1) is 13.6. The van der Waals surface area contributed by atoms with Crippen molar-refractivity contribution in [3.63, 3.8) is 0 Å². The molecule has 3 aliphatic rings. The van der Waals surface area contributed by atoms with Gasteiger partial charge in [-0.05, 0) is 55.2 Å². The lowest BCUT2D eigenvalue weighted by molar-refractivity contribution is -0.133. The van der Waals surface area contributed by atoms with Gasteiger partial charge in [-0.15, -0.1) is 0 Å². The highest BCUT2D eigenvalue weighted by molar-refractivity contribution is 6.30. The number of fused-ring (bicyclic) bond motifs is 1. The summed E-state index contributed by atoms with van der Waals surface area (Å²) >= 11 is 5.98. The molecule has 2 nitrogen and oxygen atoms in total. The van der Waals surface area contributed by atoms with Crippen LogP contribution in [-0.4, -0.2) is 23.9 Å². The number of rotatable bonds is 2. The van der Waals surface area contributed by atoms with Gasteiger partial charge in [0.1, 0.15) is 0 Å². The molecule has 1 amide bonds. The largest absolute Gasteiger partial charge is 0.341 e. The summed E-state index contributed by atoms with van der Waals surface area (Å²) in [5.41, 5.74) is 0.935. The third kappa shape index (κ3) is 2.28. The van der Waals surface area contributed by atoms with Gasteiger partial charge in [0.05, 0.1) is 5.41 Å². The lowest BCUT2D eigenvalue weighted by Gasteiger charge is -2.23. The number of likely N-dealkylation sites (tertiary alicyclic amines) is 1. The third-order valence-electron chi connectivity index (χ3n) is 5.82. The summed E-state index contributed by atoms with van der Waals surface area (Å²) in [4.78, 5) is 15.2. The minimum Gasteiger partial charge on any atom is -0.341 e. The van der Waals surface area contributed by atoms with Crippen molar-refractivity contribution in [2.24, 2.45) is 11.8 Å². The second-order valence-corrected chi connectivity index (χ2v) is 7.54. The molecule has 0 aromatic heterocycles. The van der Waals surface area contributed by atoms with Crippen molar-refractivity contribution < 1.29 is 4.79 Å². The van der Waals surface area contributed by atoms with Crippen LogP contribution < -0.4 is 0 Å². The summed E-state index contributed by atoms with van der Waals surface area (Å²) in [5, 5.41) is 0.745. The van der Waals surface area contributed by atoms with Gasteiger partial charge in [0.25, 0.3) is 0 Å². The third-order valence-corrected chi connectivity index (χ3v) is 6.07. The van der Waals surface area contributed by atoms with E-state index in [9.17, 15) is 4.79 Å². The van der Waals surface area contributed by atoms with E-state index in [1.807, 2.05) is 24.3 Å². The Labute approximate surface area is 131 Å². The van der Waals surface area contributed by atoms with E-state index in [1.54, 1.807) is 0 Å². The van der Waals surface area contributed by atoms with Crippen LogP contribution in [0.3, 0.4) is 0 Å². The molecule has 0 N–H and O–H groups in total. The van der Waals surface area contributed by atoms with E-state index in [4.69, 9.17) is 11.6 Å². The topological polar surface area (TPSA) is 20.3 Å². The van der Waals surface area contributed by atoms with Gasteiger partial charge in [0.15, 0.2) is 0 Å². The number of carbonyl (C=O) groups is 1. The van der Waals surface area contributed by atoms with Crippen LogP contribution in [0.15, 0.2) is 24.3 Å². The van der Waals surface area contributed by atoms with Gasteiger partial charge in [-0.3, -0.25) is 4.79 Å². The molecule has 2 atom stereocenters. The van der Waals surface area contributed by atoms with Crippen LogP contribution in [0.25, 0.3) is 0 Å². The molecule has 1 heterocycles. The van der Waals surface area contributed by atoms with E-state index < -0.39 is 0 Å². The van der Waals surface area contributed by atoms with E-state index in [-0.39, 0.29) is 5.41 Å². The molecule has 3 heteroatoms. The molecule has 1 aliphatic heterocycles. The first-order valence-corrected chi connectivity index (χ1v) is 8.62. The minimum absolute atomic E-state index is 0.224. The predicted molar refractivity (Wildman–Crippen MR) is 84.4 cm³/mol. The molecule has 0 unspecified atom stereocenters. The SMILES string of the molecule is O=C(N1C[C@H]2CCCC[C@H]2C1)C1(c2ccc(Cl)cc2)CC1. The van der Waals surface area contributed by atoms with Gasteiger partial charge >= 0.3 is 0 Å². The lowest BCUT2D eigenvalue weighted by Crippen LogP contribution is -2.38. The van der Waals surface area contributed by atoms with Crippen molar-refractivity contribution in [3.05, 3.63) is 34.9 Å². The van der Waals surface area contributed by atoms with Crippen LogP contribution in [0.5, 0.6) is 0 Å². The Balaban J connectivity index is 1.53. The second kappa shape index (κ2) is 5.01. The fourth-order valence-electron chi connectivity index (χ4n) is 4.39. The Bertz CT molecular complexity index is 535. The summed E-state index contributed by atoms with van der Waals surface area (Å²) in [6.07, 6.45) is 7.35. The average molecular weight is 304 g/mol. The Hall–Kier alpha value is -1.02. The van der Waals surface area contributed by atoms with Crippen LogP contribution >= 0.6 is 11.6 Å². The number of amides is 1. The van der Waals surface area contributed by atoms with E-state index >= 15 is 0 Å². The summed E-state index contributed by atoms with van der Waals surface area (Å²) in [7, 11) is 0. The van der Waals surface area contributed by atoms with Gasteiger partial charge in [-0.1, -0.05) is 36.6 Å². The van der Waals surface area contributed by atoms with Gasteiger partial charge < -0.3 is 4.90 Å². The molecular formula is C18H22ClNO. The summed E-state index contributed by atoms with van der Waals surface area (Å²) in [6, 6.07) is 7.90. The number of halogens is 1. The molecule has 3 fully saturated rings. The average Bonchev–Trinajstić information content (AvgIpc) is 3.19. The zero-order valence-electron chi connectivity index (χ0n) is 12.4. The number of nitrogens with zero attached hydrogens (tertiary/aromatic N) is 1. The molecule has 2 saturated carbocycles. The highest BCUT2D eigenvalue weighted by Gasteiger charge is 2.54. The highest BCUT2D eigenvalue weighted by Crippen LogP contribution is 2.51. The number of hydrogen-bond donors (Lipinski definition) is 0. The van der Waals surface area contributed by atoms with Crippen LogP contribution in [-0.2, 0) is 10.2 Å². The Morgan fingerprint density at radius 3 is 2.14 bits per heavy atom. The zero-order chi connectivity index (χ0) is 14.4. The van der Waals surface area contributed by atoms with Gasteiger partial charge in [0.2, 0.25) is 5.91 Å². The fraction of sp³-hybridized carbons (Fsp3) is 0.611. The van der Waals surface area contributed by atoms with Gasteiger partial charge in [-0.25, -0.2) is 0 Å². The van der Waals surface area contributed by atoms with E-state index in [0.717, 1.165) is 48.4 Å². The van der Waals surface area contributed by atoms with E-state index in [1.165, 1.54) is 25.7 Å². The Morgan fingerprint density at radius 1 is 1.05 bits per heavy atom. The summed E-state index contributed by atoms with van der Waals surface area (Å²) in [5.74, 6) is 1.91. The molecule has 1 saturated heterocycles. The smallest absolute Gasteiger partial charge is 0.233 e. The Morgan fingerprint density at radius 2 is 1.62 bits per heavy atom. The van der Waals surface area contributed by atoms with Crippen LogP contribution in [0.4, 0.5) is 0 Å². The van der Waals surface area contributed by atoms with Crippen molar-refractivity contribution in [2.75, 3.05) is 13.1 Å². The number of benzene rings is 1. The molecule has 1 aromatic rings. The fourth-order valence-corrected chi connectivity index (χ4v) is 4.52. The minimum atomic E-state index is -0.224. The second-order valence-electron chi connectivity index (χ2n) is 7.10.